The van der Waals surface area contributed by atoms with E-state index in [4.69, 9.17) is 4.74 Å². The third kappa shape index (κ3) is 5.55. The standard InChI is InChI=1S/C27H32N2O5/c1-3-13-28-15-5-11-27(12-6-16-29-14-4-2)21-17-19(25(30)31)7-9-23(21)34-24-10-8-20(26(32)33)18-22(24)27/h3-4,7-10,17-18,28-29H,1-2,5-6,11-16H2,(H,30,31)(H,32,33). The lowest BCUT2D eigenvalue weighted by Crippen LogP contribution is -2.34. The van der Waals surface area contributed by atoms with Gasteiger partial charge in [0.2, 0.25) is 0 Å². The average Bonchev–Trinajstić information content (AvgIpc) is 2.83. The SMILES string of the molecule is C=CCNCCCC1(CCCNCC=C)c2cc(C(=O)O)ccc2Oc2ccc(C(=O)O)cc21. The molecular weight excluding hydrogens is 432 g/mol. The predicted octanol–water partition coefficient (Wildman–Crippen LogP) is 4.59. The topological polar surface area (TPSA) is 108 Å². The van der Waals surface area contributed by atoms with Crippen LogP contribution in [0, 0.1) is 0 Å². The van der Waals surface area contributed by atoms with E-state index in [1.54, 1.807) is 48.6 Å². The smallest absolute Gasteiger partial charge is 0.335 e. The van der Waals surface area contributed by atoms with Gasteiger partial charge in [-0.2, -0.15) is 0 Å². The lowest BCUT2D eigenvalue weighted by molar-refractivity contribution is 0.0686. The molecule has 3 rings (SSSR count). The van der Waals surface area contributed by atoms with Crippen LogP contribution in [0.25, 0.3) is 0 Å². The average molecular weight is 465 g/mol. The summed E-state index contributed by atoms with van der Waals surface area (Å²) in [5.41, 5.74) is 1.34. The molecule has 0 bridgehead atoms. The van der Waals surface area contributed by atoms with Gasteiger partial charge in [0.25, 0.3) is 0 Å². The van der Waals surface area contributed by atoms with E-state index in [0.717, 1.165) is 37.1 Å². The van der Waals surface area contributed by atoms with Crippen molar-refractivity contribution in [2.24, 2.45) is 0 Å². The van der Waals surface area contributed by atoms with Crippen molar-refractivity contribution in [1.82, 2.24) is 10.6 Å². The Bertz CT molecular complexity index is 979. The quantitative estimate of drug-likeness (QED) is 0.239. The van der Waals surface area contributed by atoms with Gasteiger partial charge in [0, 0.05) is 29.6 Å². The third-order valence-electron chi connectivity index (χ3n) is 6.20. The monoisotopic (exact) mass is 464 g/mol. The van der Waals surface area contributed by atoms with Gasteiger partial charge in [-0.1, -0.05) is 12.2 Å². The molecule has 1 aliphatic rings. The molecule has 7 heteroatoms. The molecule has 34 heavy (non-hydrogen) atoms. The van der Waals surface area contributed by atoms with Gasteiger partial charge in [-0.25, -0.2) is 9.59 Å². The van der Waals surface area contributed by atoms with E-state index in [0.29, 0.717) is 37.4 Å². The van der Waals surface area contributed by atoms with Crippen LogP contribution in [0.15, 0.2) is 61.7 Å². The molecule has 0 radical (unpaired) electrons. The highest BCUT2D eigenvalue weighted by molar-refractivity contribution is 5.89. The lowest BCUT2D eigenvalue weighted by Gasteiger charge is -2.41. The molecule has 0 atom stereocenters. The molecular formula is C27H32N2O5. The maximum atomic E-state index is 11.8. The zero-order valence-electron chi connectivity index (χ0n) is 19.3. The highest BCUT2D eigenvalue weighted by Crippen LogP contribution is 2.53. The van der Waals surface area contributed by atoms with Gasteiger partial charge in [0.15, 0.2) is 0 Å². The molecule has 2 aromatic rings. The van der Waals surface area contributed by atoms with Gasteiger partial charge >= 0.3 is 11.9 Å². The number of hydrogen-bond donors (Lipinski definition) is 4. The minimum atomic E-state index is -1.01. The maximum Gasteiger partial charge on any atom is 0.335 e. The fraction of sp³-hybridized carbons (Fsp3) is 0.333. The molecule has 0 saturated carbocycles. The molecule has 7 nitrogen and oxygen atoms in total. The number of ether oxygens (including phenoxy) is 1. The van der Waals surface area contributed by atoms with Crippen LogP contribution in [-0.2, 0) is 5.41 Å². The van der Waals surface area contributed by atoms with E-state index in [9.17, 15) is 19.8 Å². The normalized spacial score (nSPS) is 13.3. The van der Waals surface area contributed by atoms with Crippen LogP contribution in [0.2, 0.25) is 0 Å². The fourth-order valence-corrected chi connectivity index (χ4v) is 4.62. The number of benzene rings is 2. The van der Waals surface area contributed by atoms with Crippen LogP contribution >= 0.6 is 0 Å². The Morgan fingerprint density at radius 2 is 1.26 bits per heavy atom. The summed E-state index contributed by atoms with van der Waals surface area (Å²) in [7, 11) is 0. The second-order valence-electron chi connectivity index (χ2n) is 8.41. The van der Waals surface area contributed by atoms with E-state index in [-0.39, 0.29) is 11.1 Å². The van der Waals surface area contributed by atoms with Crippen LogP contribution < -0.4 is 15.4 Å². The first-order valence-corrected chi connectivity index (χ1v) is 11.5. The minimum Gasteiger partial charge on any atom is -0.478 e. The Labute approximate surface area is 200 Å². The number of fused-ring (bicyclic) bond motifs is 2. The summed E-state index contributed by atoms with van der Waals surface area (Å²) < 4.78 is 6.15. The van der Waals surface area contributed by atoms with E-state index in [1.165, 1.54) is 0 Å². The van der Waals surface area contributed by atoms with Crippen LogP contribution in [0.3, 0.4) is 0 Å². The van der Waals surface area contributed by atoms with E-state index >= 15 is 0 Å². The molecule has 1 heterocycles. The van der Waals surface area contributed by atoms with Gasteiger partial charge in [0.05, 0.1) is 11.1 Å². The zero-order chi connectivity index (χ0) is 24.6. The van der Waals surface area contributed by atoms with Gasteiger partial charge in [-0.3, -0.25) is 0 Å². The second-order valence-corrected chi connectivity index (χ2v) is 8.41. The number of nitrogens with one attached hydrogen (secondary N) is 2. The highest BCUT2D eigenvalue weighted by Gasteiger charge is 2.42. The molecule has 0 amide bonds. The Morgan fingerprint density at radius 3 is 1.65 bits per heavy atom. The first-order chi connectivity index (χ1) is 16.4. The first kappa shape index (κ1) is 25.2. The summed E-state index contributed by atoms with van der Waals surface area (Å²) in [6.45, 7) is 10.4. The van der Waals surface area contributed by atoms with Crippen LogP contribution in [0.1, 0.15) is 57.5 Å². The number of aromatic carboxylic acids is 2. The molecule has 0 aliphatic carbocycles. The van der Waals surface area contributed by atoms with Crippen LogP contribution in [0.4, 0.5) is 0 Å². The number of carbonyl (C=O) groups is 2. The molecule has 4 N–H and O–H groups in total. The highest BCUT2D eigenvalue weighted by atomic mass is 16.5. The van der Waals surface area contributed by atoms with Crippen molar-refractivity contribution in [3.05, 3.63) is 84.0 Å². The summed E-state index contributed by atoms with van der Waals surface area (Å²) in [6.07, 6.45) is 6.63. The number of hydrogen-bond acceptors (Lipinski definition) is 5. The summed E-state index contributed by atoms with van der Waals surface area (Å²) >= 11 is 0. The molecule has 0 spiro atoms. The summed E-state index contributed by atoms with van der Waals surface area (Å²) in [4.78, 5) is 23.6. The summed E-state index contributed by atoms with van der Waals surface area (Å²) in [6, 6.07) is 9.85. The number of rotatable bonds is 14. The van der Waals surface area contributed by atoms with E-state index in [2.05, 4.69) is 23.8 Å². The summed E-state index contributed by atoms with van der Waals surface area (Å²) in [5, 5.41) is 26.0. The number of carboxylic acids is 2. The van der Waals surface area contributed by atoms with E-state index < -0.39 is 17.4 Å². The molecule has 0 unspecified atom stereocenters. The largest absolute Gasteiger partial charge is 0.478 e. The van der Waals surface area contributed by atoms with Crippen molar-refractivity contribution in [3.8, 4) is 11.5 Å². The maximum absolute atomic E-state index is 11.8. The molecule has 180 valence electrons. The molecule has 0 fully saturated rings. The molecule has 1 aliphatic heterocycles. The van der Waals surface area contributed by atoms with Crippen molar-refractivity contribution >= 4 is 11.9 Å². The Balaban J connectivity index is 2.10. The second kappa shape index (κ2) is 11.6. The third-order valence-corrected chi connectivity index (χ3v) is 6.20. The van der Waals surface area contributed by atoms with Crippen molar-refractivity contribution in [3.63, 3.8) is 0 Å². The molecule has 2 aromatic carbocycles. The Kier molecular flexibility index (Phi) is 8.62. The summed E-state index contributed by atoms with van der Waals surface area (Å²) in [5.74, 6) is -0.804. The van der Waals surface area contributed by atoms with Crippen LogP contribution in [-0.4, -0.2) is 48.3 Å². The van der Waals surface area contributed by atoms with Gasteiger partial charge in [0.1, 0.15) is 11.5 Å². The van der Waals surface area contributed by atoms with Gasteiger partial charge < -0.3 is 25.6 Å². The van der Waals surface area contributed by atoms with Crippen LogP contribution in [0.5, 0.6) is 11.5 Å². The van der Waals surface area contributed by atoms with Gasteiger partial charge in [-0.05, 0) is 75.2 Å². The first-order valence-electron chi connectivity index (χ1n) is 11.5. The zero-order valence-corrected chi connectivity index (χ0v) is 19.3. The van der Waals surface area contributed by atoms with Gasteiger partial charge in [-0.15, -0.1) is 13.2 Å². The predicted molar refractivity (Wildman–Crippen MR) is 132 cm³/mol. The molecule has 0 aromatic heterocycles. The Morgan fingerprint density at radius 1 is 0.824 bits per heavy atom. The Hall–Kier alpha value is -3.42. The minimum absolute atomic E-state index is 0.180. The molecule has 0 saturated heterocycles. The number of carboxylic acid groups (broad SMARTS) is 2. The fourth-order valence-electron chi connectivity index (χ4n) is 4.62. The van der Waals surface area contributed by atoms with Crippen molar-refractivity contribution < 1.29 is 24.5 Å². The van der Waals surface area contributed by atoms with Crippen molar-refractivity contribution in [1.29, 1.82) is 0 Å². The van der Waals surface area contributed by atoms with Crippen molar-refractivity contribution in [2.45, 2.75) is 31.1 Å². The lowest BCUT2D eigenvalue weighted by atomic mass is 9.66. The van der Waals surface area contributed by atoms with E-state index in [1.807, 2.05) is 0 Å². The van der Waals surface area contributed by atoms with Crippen molar-refractivity contribution in [2.75, 3.05) is 26.2 Å².